The zero-order valence-electron chi connectivity index (χ0n) is 18.3. The van der Waals surface area contributed by atoms with E-state index in [0.717, 1.165) is 76.3 Å². The Morgan fingerprint density at radius 2 is 1.00 bits per heavy atom. The van der Waals surface area contributed by atoms with Crippen LogP contribution in [0.5, 0.6) is 0 Å². The van der Waals surface area contributed by atoms with Crippen molar-refractivity contribution in [2.24, 2.45) is 21.5 Å². The average molecular weight is 389 g/mol. The third-order valence-electron chi connectivity index (χ3n) is 5.09. The number of aliphatic imine (C=N–C) groups is 2. The predicted octanol–water partition coefficient (Wildman–Crippen LogP) is 2.56. The van der Waals surface area contributed by atoms with Gasteiger partial charge in [-0.3, -0.25) is 9.98 Å². The standard InChI is InChI=1S/C22H40N6/c1-5-27(6-2)17-9-15-25-21(23)19-11-13-20(14-12-19)22(24)26-16-10-18-28(7-3)8-4/h11-14H,5-10,15-18H2,1-4H3,(H2,23,25)(H2,24,26). The highest BCUT2D eigenvalue weighted by atomic mass is 15.1. The van der Waals surface area contributed by atoms with E-state index in [0.29, 0.717) is 11.7 Å². The molecule has 4 N–H and O–H groups in total. The molecule has 0 fully saturated rings. The molecule has 0 aliphatic carbocycles. The van der Waals surface area contributed by atoms with Crippen LogP contribution in [0.2, 0.25) is 0 Å². The summed E-state index contributed by atoms with van der Waals surface area (Å²) in [6.45, 7) is 16.7. The zero-order valence-corrected chi connectivity index (χ0v) is 18.3. The smallest absolute Gasteiger partial charge is 0.125 e. The number of nitrogens with zero attached hydrogens (tertiary/aromatic N) is 4. The van der Waals surface area contributed by atoms with Crippen LogP contribution in [0.25, 0.3) is 0 Å². The van der Waals surface area contributed by atoms with Crippen LogP contribution in [-0.2, 0) is 0 Å². The lowest BCUT2D eigenvalue weighted by atomic mass is 10.1. The molecule has 0 atom stereocenters. The van der Waals surface area contributed by atoms with E-state index in [9.17, 15) is 0 Å². The Labute approximate surface area is 171 Å². The van der Waals surface area contributed by atoms with E-state index >= 15 is 0 Å². The van der Waals surface area contributed by atoms with Crippen molar-refractivity contribution in [1.82, 2.24) is 9.80 Å². The number of rotatable bonds is 14. The molecular formula is C22H40N6. The van der Waals surface area contributed by atoms with Crippen molar-refractivity contribution >= 4 is 11.7 Å². The summed E-state index contributed by atoms with van der Waals surface area (Å²) in [6, 6.07) is 7.88. The van der Waals surface area contributed by atoms with Crippen LogP contribution < -0.4 is 11.5 Å². The van der Waals surface area contributed by atoms with Gasteiger partial charge >= 0.3 is 0 Å². The van der Waals surface area contributed by atoms with E-state index < -0.39 is 0 Å². The summed E-state index contributed by atoms with van der Waals surface area (Å²) >= 11 is 0. The first-order valence-corrected chi connectivity index (χ1v) is 10.7. The van der Waals surface area contributed by atoms with Gasteiger partial charge in [0.05, 0.1) is 0 Å². The van der Waals surface area contributed by atoms with Crippen LogP contribution in [-0.4, -0.2) is 73.8 Å². The average Bonchev–Trinajstić information content (AvgIpc) is 2.73. The topological polar surface area (TPSA) is 83.2 Å². The molecule has 158 valence electrons. The number of hydrogen-bond donors (Lipinski definition) is 2. The molecule has 1 rings (SSSR count). The van der Waals surface area contributed by atoms with Crippen molar-refractivity contribution in [1.29, 1.82) is 0 Å². The Morgan fingerprint density at radius 3 is 1.29 bits per heavy atom. The van der Waals surface area contributed by atoms with Crippen molar-refractivity contribution in [3.63, 3.8) is 0 Å². The first-order chi connectivity index (χ1) is 13.5. The quantitative estimate of drug-likeness (QED) is 0.291. The normalized spacial score (nSPS) is 12.9. The van der Waals surface area contributed by atoms with Gasteiger partial charge in [0.1, 0.15) is 11.7 Å². The van der Waals surface area contributed by atoms with E-state index in [1.165, 1.54) is 0 Å². The fourth-order valence-corrected chi connectivity index (χ4v) is 3.06. The maximum absolute atomic E-state index is 6.13. The van der Waals surface area contributed by atoms with E-state index in [2.05, 4.69) is 47.5 Å². The minimum absolute atomic E-state index is 0.584. The molecule has 0 saturated heterocycles. The third-order valence-corrected chi connectivity index (χ3v) is 5.09. The summed E-state index contributed by atoms with van der Waals surface area (Å²) in [7, 11) is 0. The summed E-state index contributed by atoms with van der Waals surface area (Å²) < 4.78 is 0. The molecule has 0 aromatic heterocycles. The van der Waals surface area contributed by atoms with Crippen LogP contribution in [0.4, 0.5) is 0 Å². The second kappa shape index (κ2) is 14.1. The lowest BCUT2D eigenvalue weighted by Crippen LogP contribution is -2.25. The van der Waals surface area contributed by atoms with Crippen molar-refractivity contribution in [2.45, 2.75) is 40.5 Å². The highest BCUT2D eigenvalue weighted by Crippen LogP contribution is 2.05. The lowest BCUT2D eigenvalue weighted by molar-refractivity contribution is 0.302. The van der Waals surface area contributed by atoms with Gasteiger partial charge in [-0.15, -0.1) is 0 Å². The molecule has 0 unspecified atom stereocenters. The fraction of sp³-hybridized carbons (Fsp3) is 0.636. The predicted molar refractivity (Wildman–Crippen MR) is 122 cm³/mol. The molecule has 6 heteroatoms. The molecule has 0 bridgehead atoms. The molecule has 0 amide bonds. The summed E-state index contributed by atoms with van der Waals surface area (Å²) in [6.07, 6.45) is 2.04. The zero-order chi connectivity index (χ0) is 20.8. The van der Waals surface area contributed by atoms with Crippen molar-refractivity contribution in [3.05, 3.63) is 35.4 Å². The second-order valence-corrected chi connectivity index (χ2v) is 6.87. The van der Waals surface area contributed by atoms with Gasteiger partial charge < -0.3 is 21.3 Å². The molecule has 0 saturated carbocycles. The summed E-state index contributed by atoms with van der Waals surface area (Å²) in [5.74, 6) is 1.17. The first kappa shape index (κ1) is 24.1. The minimum atomic E-state index is 0.584. The highest BCUT2D eigenvalue weighted by molar-refractivity contribution is 6.00. The van der Waals surface area contributed by atoms with Crippen LogP contribution in [0, 0.1) is 0 Å². The summed E-state index contributed by atoms with van der Waals surface area (Å²) in [5.41, 5.74) is 14.1. The Balaban J connectivity index is 2.50. The van der Waals surface area contributed by atoms with Gasteiger partial charge in [-0.2, -0.15) is 0 Å². The van der Waals surface area contributed by atoms with Crippen molar-refractivity contribution in [2.75, 3.05) is 52.4 Å². The van der Waals surface area contributed by atoms with Gasteiger partial charge in [-0.25, -0.2) is 0 Å². The van der Waals surface area contributed by atoms with Crippen molar-refractivity contribution in [3.8, 4) is 0 Å². The third kappa shape index (κ3) is 8.85. The molecule has 1 aromatic carbocycles. The van der Waals surface area contributed by atoms with Crippen LogP contribution >= 0.6 is 0 Å². The molecule has 0 aliphatic heterocycles. The van der Waals surface area contributed by atoms with Gasteiger partial charge in [0.25, 0.3) is 0 Å². The van der Waals surface area contributed by atoms with Crippen LogP contribution in [0.1, 0.15) is 51.7 Å². The maximum atomic E-state index is 6.13. The monoisotopic (exact) mass is 388 g/mol. The number of benzene rings is 1. The summed E-state index contributed by atoms with van der Waals surface area (Å²) in [4.78, 5) is 13.8. The fourth-order valence-electron chi connectivity index (χ4n) is 3.06. The SMILES string of the molecule is CCN(CC)CCCN=C(N)c1ccc(C(N)=NCCCN(CC)CC)cc1. The molecule has 0 heterocycles. The largest absolute Gasteiger partial charge is 0.384 e. The molecule has 28 heavy (non-hydrogen) atoms. The van der Waals surface area contributed by atoms with Crippen molar-refractivity contribution < 1.29 is 0 Å². The Kier molecular flexibility index (Phi) is 12.2. The summed E-state index contributed by atoms with van der Waals surface area (Å²) in [5, 5.41) is 0. The van der Waals surface area contributed by atoms with E-state index in [1.807, 2.05) is 24.3 Å². The molecular weight excluding hydrogens is 348 g/mol. The van der Waals surface area contributed by atoms with E-state index in [1.54, 1.807) is 0 Å². The Bertz CT molecular complexity index is 533. The molecule has 0 radical (unpaired) electrons. The van der Waals surface area contributed by atoms with Crippen LogP contribution in [0.15, 0.2) is 34.3 Å². The Hall–Kier alpha value is -1.92. The highest BCUT2D eigenvalue weighted by Gasteiger charge is 2.03. The lowest BCUT2D eigenvalue weighted by Gasteiger charge is -2.16. The molecule has 0 aliphatic rings. The van der Waals surface area contributed by atoms with E-state index in [-0.39, 0.29) is 0 Å². The number of amidine groups is 2. The van der Waals surface area contributed by atoms with E-state index in [4.69, 9.17) is 11.5 Å². The van der Waals surface area contributed by atoms with Gasteiger partial charge in [-0.05, 0) is 52.1 Å². The van der Waals surface area contributed by atoms with Gasteiger partial charge in [0.2, 0.25) is 0 Å². The number of hydrogen-bond acceptors (Lipinski definition) is 4. The molecule has 0 spiro atoms. The number of nitrogens with two attached hydrogens (primary N) is 2. The molecule has 1 aromatic rings. The van der Waals surface area contributed by atoms with Gasteiger partial charge in [0, 0.05) is 24.2 Å². The molecule has 6 nitrogen and oxygen atoms in total. The Morgan fingerprint density at radius 1 is 0.679 bits per heavy atom. The first-order valence-electron chi connectivity index (χ1n) is 10.7. The minimum Gasteiger partial charge on any atom is -0.384 e. The maximum Gasteiger partial charge on any atom is 0.125 e. The van der Waals surface area contributed by atoms with Gasteiger partial charge in [-0.1, -0.05) is 52.0 Å². The van der Waals surface area contributed by atoms with Gasteiger partial charge in [0.15, 0.2) is 0 Å². The second-order valence-electron chi connectivity index (χ2n) is 6.87. The van der Waals surface area contributed by atoms with Crippen LogP contribution in [0.3, 0.4) is 0 Å².